The van der Waals surface area contributed by atoms with Crippen LogP contribution in [0.15, 0.2) is 71.3 Å². The number of anilines is 2. The molecule has 0 aliphatic heterocycles. The predicted molar refractivity (Wildman–Crippen MR) is 100 cm³/mol. The summed E-state index contributed by atoms with van der Waals surface area (Å²) in [5, 5.41) is 4.90. The maximum Gasteiger partial charge on any atom is 0.573 e. The van der Waals surface area contributed by atoms with Crippen molar-refractivity contribution in [2.75, 3.05) is 17.2 Å². The summed E-state index contributed by atoms with van der Waals surface area (Å²) in [5.41, 5.74) is 0.251. The molecule has 0 aliphatic rings. The van der Waals surface area contributed by atoms with Crippen molar-refractivity contribution in [2.24, 2.45) is 0 Å². The third-order valence-corrected chi connectivity index (χ3v) is 3.59. The van der Waals surface area contributed by atoms with Gasteiger partial charge < -0.3 is 24.5 Å². The van der Waals surface area contributed by atoms with Crippen molar-refractivity contribution < 1.29 is 36.7 Å². The number of benzene rings is 2. The van der Waals surface area contributed by atoms with E-state index in [1.807, 2.05) is 0 Å². The van der Waals surface area contributed by atoms with E-state index < -0.39 is 30.5 Å². The van der Waals surface area contributed by atoms with Crippen molar-refractivity contribution in [1.29, 1.82) is 0 Å². The highest BCUT2D eigenvalue weighted by Gasteiger charge is 2.32. The maximum absolute atomic E-state index is 12.5. The highest BCUT2D eigenvalue weighted by molar-refractivity contribution is 6.02. The second-order valence-electron chi connectivity index (χ2n) is 5.84. The molecule has 30 heavy (non-hydrogen) atoms. The Hall–Kier alpha value is -3.95. The van der Waals surface area contributed by atoms with E-state index in [4.69, 9.17) is 9.15 Å². The molecule has 156 valence electrons. The summed E-state index contributed by atoms with van der Waals surface area (Å²) in [6.07, 6.45) is -3.52. The van der Waals surface area contributed by atoms with Crippen LogP contribution >= 0.6 is 0 Å². The van der Waals surface area contributed by atoms with Crippen LogP contribution < -0.4 is 20.1 Å². The summed E-state index contributed by atoms with van der Waals surface area (Å²) in [5.74, 6) is -1.31. The number of furan rings is 1. The van der Waals surface area contributed by atoms with Gasteiger partial charge in [-0.2, -0.15) is 0 Å². The average Bonchev–Trinajstić information content (AvgIpc) is 3.22. The monoisotopic (exact) mass is 420 g/mol. The first kappa shape index (κ1) is 20.8. The van der Waals surface area contributed by atoms with Crippen LogP contribution in [0.5, 0.6) is 11.5 Å². The molecular weight excluding hydrogens is 405 g/mol. The molecule has 10 heteroatoms. The number of carbonyl (C=O) groups is 2. The third kappa shape index (κ3) is 6.03. The molecule has 7 nitrogen and oxygen atoms in total. The molecule has 3 aromatic rings. The summed E-state index contributed by atoms with van der Waals surface area (Å²) >= 11 is 0. The number of halogens is 3. The molecule has 0 saturated carbocycles. The van der Waals surface area contributed by atoms with E-state index in [0.29, 0.717) is 5.69 Å². The predicted octanol–water partition coefficient (Wildman–Crippen LogP) is 4.45. The quantitative estimate of drug-likeness (QED) is 0.590. The maximum atomic E-state index is 12.5. The van der Waals surface area contributed by atoms with E-state index in [0.717, 1.165) is 6.07 Å². The van der Waals surface area contributed by atoms with Crippen molar-refractivity contribution >= 4 is 23.2 Å². The molecule has 0 bridgehead atoms. The fourth-order valence-electron chi connectivity index (χ4n) is 2.38. The van der Waals surface area contributed by atoms with Crippen LogP contribution in [0.1, 0.15) is 10.6 Å². The lowest BCUT2D eigenvalue weighted by Crippen LogP contribution is -2.22. The van der Waals surface area contributed by atoms with E-state index in [-0.39, 0.29) is 17.2 Å². The number of hydrogen-bond acceptors (Lipinski definition) is 5. The molecule has 1 aromatic heterocycles. The Morgan fingerprint density at radius 2 is 1.77 bits per heavy atom. The Kier molecular flexibility index (Phi) is 6.26. The topological polar surface area (TPSA) is 89.8 Å². The number of rotatable bonds is 7. The second-order valence-corrected chi connectivity index (χ2v) is 5.84. The van der Waals surface area contributed by atoms with Crippen LogP contribution in [0.25, 0.3) is 0 Å². The Morgan fingerprint density at radius 3 is 2.50 bits per heavy atom. The van der Waals surface area contributed by atoms with Crippen molar-refractivity contribution in [3.8, 4) is 11.5 Å². The van der Waals surface area contributed by atoms with Gasteiger partial charge in [-0.3, -0.25) is 9.59 Å². The van der Waals surface area contributed by atoms with Crippen molar-refractivity contribution in [1.82, 2.24) is 0 Å². The zero-order chi connectivity index (χ0) is 21.6. The standard InChI is InChI=1S/C20H15F3N2O5/c21-20(22,23)30-16-8-2-1-7-15(16)25-18(26)12-29-14-6-3-5-13(11-14)24-19(27)17-9-4-10-28-17/h1-11H,12H2,(H,24,27)(H,25,26). The fourth-order valence-corrected chi connectivity index (χ4v) is 2.38. The Bertz CT molecular complexity index is 1020. The number of alkyl halides is 3. The molecule has 0 atom stereocenters. The van der Waals surface area contributed by atoms with Crippen molar-refractivity contribution in [3.05, 3.63) is 72.7 Å². The highest BCUT2D eigenvalue weighted by atomic mass is 19.4. The molecule has 0 spiro atoms. The minimum Gasteiger partial charge on any atom is -0.484 e. The molecule has 0 radical (unpaired) electrons. The lowest BCUT2D eigenvalue weighted by atomic mass is 10.3. The average molecular weight is 420 g/mol. The van der Waals surface area contributed by atoms with Gasteiger partial charge in [0.05, 0.1) is 12.0 Å². The van der Waals surface area contributed by atoms with Gasteiger partial charge >= 0.3 is 6.36 Å². The molecule has 3 rings (SSSR count). The Morgan fingerprint density at radius 1 is 0.967 bits per heavy atom. The number of carbonyl (C=O) groups excluding carboxylic acids is 2. The number of amides is 2. The minimum atomic E-state index is -4.89. The third-order valence-electron chi connectivity index (χ3n) is 3.59. The van der Waals surface area contributed by atoms with Gasteiger partial charge in [0.15, 0.2) is 18.1 Å². The molecule has 0 saturated heterocycles. The molecule has 0 unspecified atom stereocenters. The highest BCUT2D eigenvalue weighted by Crippen LogP contribution is 2.29. The van der Waals surface area contributed by atoms with Gasteiger partial charge in [0, 0.05) is 11.8 Å². The molecule has 1 heterocycles. The first-order valence-corrected chi connectivity index (χ1v) is 8.52. The smallest absolute Gasteiger partial charge is 0.484 e. The van der Waals surface area contributed by atoms with E-state index in [9.17, 15) is 22.8 Å². The number of nitrogens with one attached hydrogen (secondary N) is 2. The van der Waals surface area contributed by atoms with Crippen LogP contribution in [0, 0.1) is 0 Å². The van der Waals surface area contributed by atoms with Gasteiger partial charge in [-0.25, -0.2) is 0 Å². The lowest BCUT2D eigenvalue weighted by molar-refractivity contribution is -0.274. The summed E-state index contributed by atoms with van der Waals surface area (Å²) < 4.78 is 51.6. The van der Waals surface area contributed by atoms with Crippen LogP contribution in [0.2, 0.25) is 0 Å². The molecule has 0 fully saturated rings. The van der Waals surface area contributed by atoms with E-state index in [1.165, 1.54) is 36.6 Å². The zero-order valence-corrected chi connectivity index (χ0v) is 15.2. The van der Waals surface area contributed by atoms with E-state index in [2.05, 4.69) is 15.4 Å². The SMILES string of the molecule is O=C(COc1cccc(NC(=O)c2ccco2)c1)Nc1ccccc1OC(F)(F)F. The summed E-state index contributed by atoms with van der Waals surface area (Å²) in [4.78, 5) is 24.1. The largest absolute Gasteiger partial charge is 0.573 e. The van der Waals surface area contributed by atoms with Gasteiger partial charge in [-0.1, -0.05) is 18.2 Å². The first-order chi connectivity index (χ1) is 14.3. The number of ether oxygens (including phenoxy) is 2. The summed E-state index contributed by atoms with van der Waals surface area (Å²) in [6.45, 7) is -0.476. The molecule has 2 aromatic carbocycles. The lowest BCUT2D eigenvalue weighted by Gasteiger charge is -2.14. The van der Waals surface area contributed by atoms with Gasteiger partial charge in [0.1, 0.15) is 5.75 Å². The van der Waals surface area contributed by atoms with Gasteiger partial charge in [-0.05, 0) is 36.4 Å². The second kappa shape index (κ2) is 9.03. The number of hydrogen-bond donors (Lipinski definition) is 2. The minimum absolute atomic E-state index is 0.125. The van der Waals surface area contributed by atoms with Crippen LogP contribution in [-0.4, -0.2) is 24.8 Å². The van der Waals surface area contributed by atoms with E-state index >= 15 is 0 Å². The van der Waals surface area contributed by atoms with Gasteiger partial charge in [0.25, 0.3) is 11.8 Å². The van der Waals surface area contributed by atoms with Crippen LogP contribution in [0.4, 0.5) is 24.5 Å². The molecular formula is C20H15F3N2O5. The summed E-state index contributed by atoms with van der Waals surface area (Å²) in [6, 6.07) is 14.5. The Labute approximate surface area is 168 Å². The van der Waals surface area contributed by atoms with E-state index in [1.54, 1.807) is 24.3 Å². The molecule has 2 amide bonds. The Balaban J connectivity index is 1.57. The van der Waals surface area contributed by atoms with Crippen LogP contribution in [-0.2, 0) is 4.79 Å². The first-order valence-electron chi connectivity index (χ1n) is 8.52. The zero-order valence-electron chi connectivity index (χ0n) is 15.2. The molecule has 0 aliphatic carbocycles. The normalized spacial score (nSPS) is 10.9. The van der Waals surface area contributed by atoms with Crippen LogP contribution in [0.3, 0.4) is 0 Å². The summed E-state index contributed by atoms with van der Waals surface area (Å²) in [7, 11) is 0. The fraction of sp³-hybridized carbons (Fsp3) is 0.100. The van der Waals surface area contributed by atoms with Gasteiger partial charge in [-0.15, -0.1) is 13.2 Å². The van der Waals surface area contributed by atoms with Gasteiger partial charge in [0.2, 0.25) is 0 Å². The molecule has 2 N–H and O–H groups in total. The number of para-hydroxylation sites is 2. The van der Waals surface area contributed by atoms with Crippen molar-refractivity contribution in [2.45, 2.75) is 6.36 Å². The van der Waals surface area contributed by atoms with Crippen molar-refractivity contribution in [3.63, 3.8) is 0 Å².